The average Bonchev–Trinajstić information content (AvgIpc) is 2.57. The van der Waals surface area contributed by atoms with Crippen LogP contribution >= 0.6 is 15.9 Å². The molecule has 1 N–H and O–H groups in total. The van der Waals surface area contributed by atoms with Gasteiger partial charge in [0.05, 0.1) is 6.21 Å². The van der Waals surface area contributed by atoms with Gasteiger partial charge in [-0.3, -0.25) is 4.79 Å². The number of carbonyl (C=O) groups excluding carboxylic acids is 1. The van der Waals surface area contributed by atoms with Crippen LogP contribution in [0.2, 0.25) is 0 Å². The van der Waals surface area contributed by atoms with E-state index in [9.17, 15) is 4.79 Å². The molecule has 0 saturated heterocycles. The highest BCUT2D eigenvalue weighted by atomic mass is 79.9. The molecule has 3 nitrogen and oxygen atoms in total. The van der Waals surface area contributed by atoms with E-state index in [0.29, 0.717) is 5.56 Å². The van der Waals surface area contributed by atoms with E-state index in [0.717, 1.165) is 21.0 Å². The van der Waals surface area contributed by atoms with Crippen molar-refractivity contribution >= 4 is 38.8 Å². The molecule has 4 heteroatoms. The van der Waals surface area contributed by atoms with Crippen LogP contribution in [0.5, 0.6) is 0 Å². The molecule has 0 saturated carbocycles. The molecule has 0 radical (unpaired) electrons. The molecule has 0 aliphatic heterocycles. The highest BCUT2D eigenvalue weighted by Crippen LogP contribution is 2.17. The van der Waals surface area contributed by atoms with Crippen LogP contribution in [0.4, 0.5) is 0 Å². The average molecular weight is 367 g/mol. The Morgan fingerprint density at radius 1 is 1.04 bits per heavy atom. The van der Waals surface area contributed by atoms with Gasteiger partial charge in [-0.1, -0.05) is 58.4 Å². The SMILES string of the molecule is Cc1ccc(C(=O)N/N=C/c2ccc3ccccc3c2)cc1Br. The maximum Gasteiger partial charge on any atom is 0.271 e. The van der Waals surface area contributed by atoms with Crippen LogP contribution in [0.15, 0.2) is 70.2 Å². The molecule has 0 bridgehead atoms. The highest BCUT2D eigenvalue weighted by molar-refractivity contribution is 9.10. The summed E-state index contributed by atoms with van der Waals surface area (Å²) in [4.78, 5) is 12.1. The molecule has 0 atom stereocenters. The number of carbonyl (C=O) groups is 1. The Morgan fingerprint density at radius 3 is 2.61 bits per heavy atom. The monoisotopic (exact) mass is 366 g/mol. The van der Waals surface area contributed by atoms with Gasteiger partial charge in [-0.15, -0.1) is 0 Å². The van der Waals surface area contributed by atoms with Gasteiger partial charge in [0.15, 0.2) is 0 Å². The second kappa shape index (κ2) is 6.75. The first kappa shape index (κ1) is 15.4. The second-order valence-electron chi connectivity index (χ2n) is 5.27. The van der Waals surface area contributed by atoms with Crippen LogP contribution in [0.1, 0.15) is 21.5 Å². The van der Waals surface area contributed by atoms with Crippen molar-refractivity contribution in [1.29, 1.82) is 0 Å². The lowest BCUT2D eigenvalue weighted by atomic mass is 10.1. The van der Waals surface area contributed by atoms with Gasteiger partial charge in [0.1, 0.15) is 0 Å². The predicted molar refractivity (Wildman–Crippen MR) is 97.9 cm³/mol. The summed E-state index contributed by atoms with van der Waals surface area (Å²) in [7, 11) is 0. The van der Waals surface area contributed by atoms with E-state index in [1.54, 1.807) is 18.3 Å². The summed E-state index contributed by atoms with van der Waals surface area (Å²) in [6.07, 6.45) is 1.65. The highest BCUT2D eigenvalue weighted by Gasteiger charge is 2.05. The van der Waals surface area contributed by atoms with Gasteiger partial charge >= 0.3 is 0 Å². The summed E-state index contributed by atoms with van der Waals surface area (Å²) in [6.45, 7) is 1.98. The second-order valence-corrected chi connectivity index (χ2v) is 6.12. The third kappa shape index (κ3) is 3.66. The Kier molecular flexibility index (Phi) is 4.53. The van der Waals surface area contributed by atoms with Crippen molar-refractivity contribution in [2.75, 3.05) is 0 Å². The standard InChI is InChI=1S/C19H15BrN2O/c1-13-6-8-17(11-18(13)20)19(23)22-21-12-14-7-9-15-4-2-3-5-16(15)10-14/h2-12H,1H3,(H,22,23)/b21-12+. The van der Waals surface area contributed by atoms with Crippen molar-refractivity contribution in [3.05, 3.63) is 81.8 Å². The van der Waals surface area contributed by atoms with E-state index < -0.39 is 0 Å². The van der Waals surface area contributed by atoms with Crippen molar-refractivity contribution in [3.63, 3.8) is 0 Å². The third-order valence-electron chi connectivity index (χ3n) is 3.59. The first-order valence-electron chi connectivity index (χ1n) is 7.22. The molecule has 0 spiro atoms. The van der Waals surface area contributed by atoms with Crippen LogP contribution in [0.25, 0.3) is 10.8 Å². The quantitative estimate of drug-likeness (QED) is 0.530. The van der Waals surface area contributed by atoms with Gasteiger partial charge in [-0.05, 0) is 47.0 Å². The van der Waals surface area contributed by atoms with Crippen molar-refractivity contribution in [2.45, 2.75) is 6.92 Å². The van der Waals surface area contributed by atoms with Gasteiger partial charge in [0.25, 0.3) is 5.91 Å². The van der Waals surface area contributed by atoms with Crippen LogP contribution in [0, 0.1) is 6.92 Å². The van der Waals surface area contributed by atoms with Crippen molar-refractivity contribution in [1.82, 2.24) is 5.43 Å². The number of aryl methyl sites for hydroxylation is 1. The Morgan fingerprint density at radius 2 is 1.83 bits per heavy atom. The number of hydrogen-bond donors (Lipinski definition) is 1. The topological polar surface area (TPSA) is 41.5 Å². The zero-order valence-corrected chi connectivity index (χ0v) is 14.2. The summed E-state index contributed by atoms with van der Waals surface area (Å²) in [5.74, 6) is -0.234. The van der Waals surface area contributed by atoms with Crippen LogP contribution in [-0.2, 0) is 0 Å². The molecule has 23 heavy (non-hydrogen) atoms. The summed E-state index contributed by atoms with van der Waals surface area (Å²) in [6, 6.07) is 19.6. The summed E-state index contributed by atoms with van der Waals surface area (Å²) >= 11 is 3.42. The Bertz CT molecular complexity index is 903. The molecule has 3 rings (SSSR count). The summed E-state index contributed by atoms with van der Waals surface area (Å²) in [5, 5.41) is 6.36. The number of hydrogen-bond acceptors (Lipinski definition) is 2. The number of nitrogens with zero attached hydrogens (tertiary/aromatic N) is 1. The molecule has 3 aromatic rings. The van der Waals surface area contributed by atoms with Gasteiger partial charge < -0.3 is 0 Å². The summed E-state index contributed by atoms with van der Waals surface area (Å²) < 4.78 is 0.906. The Balaban J connectivity index is 1.71. The minimum Gasteiger partial charge on any atom is -0.267 e. The fraction of sp³-hybridized carbons (Fsp3) is 0.0526. The number of halogens is 1. The third-order valence-corrected chi connectivity index (χ3v) is 4.44. The van der Waals surface area contributed by atoms with E-state index in [-0.39, 0.29) is 5.91 Å². The smallest absolute Gasteiger partial charge is 0.267 e. The first-order chi connectivity index (χ1) is 11.1. The number of hydrazone groups is 1. The van der Waals surface area contributed by atoms with E-state index in [4.69, 9.17) is 0 Å². The molecule has 3 aromatic carbocycles. The molecule has 1 amide bonds. The fourth-order valence-corrected chi connectivity index (χ4v) is 2.63. The molecule has 0 aliphatic rings. The summed E-state index contributed by atoms with van der Waals surface area (Å²) in [5.41, 5.74) is 5.14. The minimum atomic E-state index is -0.234. The molecule has 0 aromatic heterocycles. The molecule has 114 valence electrons. The lowest BCUT2D eigenvalue weighted by Crippen LogP contribution is -2.17. The molecule has 0 heterocycles. The van der Waals surface area contributed by atoms with E-state index in [1.807, 2.05) is 43.3 Å². The van der Waals surface area contributed by atoms with Crippen molar-refractivity contribution in [2.24, 2.45) is 5.10 Å². The zero-order chi connectivity index (χ0) is 16.2. The van der Waals surface area contributed by atoms with E-state index in [2.05, 4.69) is 38.6 Å². The molecule has 0 unspecified atom stereocenters. The van der Waals surface area contributed by atoms with E-state index >= 15 is 0 Å². The number of amides is 1. The lowest BCUT2D eigenvalue weighted by Gasteiger charge is -2.03. The molecular formula is C19H15BrN2O. The maximum atomic E-state index is 12.1. The van der Waals surface area contributed by atoms with Crippen molar-refractivity contribution < 1.29 is 4.79 Å². The number of benzene rings is 3. The van der Waals surface area contributed by atoms with E-state index in [1.165, 1.54) is 5.39 Å². The maximum absolute atomic E-state index is 12.1. The zero-order valence-electron chi connectivity index (χ0n) is 12.6. The lowest BCUT2D eigenvalue weighted by molar-refractivity contribution is 0.0955. The van der Waals surface area contributed by atoms with Gasteiger partial charge in [0.2, 0.25) is 0 Å². The van der Waals surface area contributed by atoms with Crippen molar-refractivity contribution in [3.8, 4) is 0 Å². The Labute approximate surface area is 143 Å². The molecular weight excluding hydrogens is 352 g/mol. The van der Waals surface area contributed by atoms with Gasteiger partial charge in [-0.2, -0.15) is 5.10 Å². The first-order valence-corrected chi connectivity index (χ1v) is 8.01. The van der Waals surface area contributed by atoms with Gasteiger partial charge in [-0.25, -0.2) is 5.43 Å². The Hall–Kier alpha value is -2.46. The molecule has 0 fully saturated rings. The van der Waals surface area contributed by atoms with Crippen LogP contribution in [0.3, 0.4) is 0 Å². The minimum absolute atomic E-state index is 0.234. The normalized spacial score (nSPS) is 11.0. The number of rotatable bonds is 3. The van der Waals surface area contributed by atoms with Crippen LogP contribution in [-0.4, -0.2) is 12.1 Å². The van der Waals surface area contributed by atoms with Crippen LogP contribution < -0.4 is 5.43 Å². The predicted octanol–water partition coefficient (Wildman–Crippen LogP) is 4.67. The molecule has 0 aliphatic carbocycles. The van der Waals surface area contributed by atoms with Gasteiger partial charge in [0, 0.05) is 10.0 Å². The number of fused-ring (bicyclic) bond motifs is 1. The largest absolute Gasteiger partial charge is 0.271 e. The number of nitrogens with one attached hydrogen (secondary N) is 1. The fourth-order valence-electron chi connectivity index (χ4n) is 2.25.